The number of rotatable bonds is 8. The van der Waals surface area contributed by atoms with E-state index in [1.165, 1.54) is 30.2 Å². The Morgan fingerprint density at radius 2 is 2.02 bits per heavy atom. The number of fused-ring (bicyclic) bond motifs is 4. The van der Waals surface area contributed by atoms with Crippen LogP contribution in [0.1, 0.15) is 68.7 Å². The normalized spacial score (nSPS) is 18.7. The first-order valence-corrected chi connectivity index (χ1v) is 13.9. The molecule has 222 valence electrons. The summed E-state index contributed by atoms with van der Waals surface area (Å²) in [6.45, 7) is 14.4. The molecule has 0 radical (unpaired) electrons. The highest BCUT2D eigenvalue weighted by atomic mass is 32.1. The average molecular weight is 589 g/mol. The van der Waals surface area contributed by atoms with Crippen LogP contribution in [0.5, 0.6) is 0 Å². The highest BCUT2D eigenvalue weighted by molar-refractivity contribution is 7.09. The summed E-state index contributed by atoms with van der Waals surface area (Å²) in [4.78, 5) is 60.7. The largest absolute Gasteiger partial charge is 0.458 e. The summed E-state index contributed by atoms with van der Waals surface area (Å²) in [6.07, 6.45) is 2.30. The number of amidine groups is 1. The number of hydroxylamine groups is 3. The Bertz CT molecular complexity index is 1360. The number of esters is 1. The second kappa shape index (κ2) is 11.5. The summed E-state index contributed by atoms with van der Waals surface area (Å²) in [5.74, 6) is -0.458. The molecule has 41 heavy (non-hydrogen) atoms. The van der Waals surface area contributed by atoms with E-state index in [-0.39, 0.29) is 31.1 Å². The molecule has 1 fully saturated rings. The van der Waals surface area contributed by atoms with Gasteiger partial charge in [-0.3, -0.25) is 14.5 Å². The van der Waals surface area contributed by atoms with Gasteiger partial charge in [-0.15, -0.1) is 17.9 Å². The maximum Gasteiger partial charge on any atom is 0.432 e. The molecule has 2 N–H and O–H groups in total. The molecule has 1 saturated heterocycles. The van der Waals surface area contributed by atoms with Gasteiger partial charge in [0.15, 0.2) is 5.84 Å². The maximum absolute atomic E-state index is 13.5. The number of carbonyl (C=O) groups is 3. The Morgan fingerprint density at radius 1 is 1.29 bits per heavy atom. The number of amides is 3. The van der Waals surface area contributed by atoms with Crippen LogP contribution in [0.25, 0.3) is 0 Å². The number of ether oxygens (including phenoxy) is 1. The van der Waals surface area contributed by atoms with Crippen LogP contribution in [0, 0.1) is 6.92 Å². The predicted molar refractivity (Wildman–Crippen MR) is 149 cm³/mol. The van der Waals surface area contributed by atoms with E-state index in [1.807, 2.05) is 12.3 Å². The van der Waals surface area contributed by atoms with Crippen LogP contribution in [0.3, 0.4) is 0 Å². The lowest BCUT2D eigenvalue weighted by atomic mass is 9.97. The number of hydrogen-bond acceptors (Lipinski definition) is 10. The van der Waals surface area contributed by atoms with Gasteiger partial charge in [-0.1, -0.05) is 6.08 Å². The lowest BCUT2D eigenvalue weighted by Crippen LogP contribution is -2.54. The number of aliphatic imine (C=N–C) groups is 1. The van der Waals surface area contributed by atoms with Gasteiger partial charge in [-0.25, -0.2) is 24.8 Å². The van der Waals surface area contributed by atoms with Gasteiger partial charge in [0.25, 0.3) is 0 Å². The first-order valence-electron chi connectivity index (χ1n) is 13.0. The first-order chi connectivity index (χ1) is 19.2. The van der Waals surface area contributed by atoms with Crippen LogP contribution < -0.4 is 10.8 Å². The van der Waals surface area contributed by atoms with Crippen molar-refractivity contribution in [2.24, 2.45) is 12.0 Å². The molecular formula is C26H36N8O6S. The molecule has 4 heterocycles. The second-order valence-corrected chi connectivity index (χ2v) is 12.1. The van der Waals surface area contributed by atoms with E-state index in [0.29, 0.717) is 12.2 Å². The number of nitrogens with zero attached hydrogens (tertiary/aromatic N) is 6. The first kappa shape index (κ1) is 30.0. The monoisotopic (exact) mass is 588 g/mol. The van der Waals surface area contributed by atoms with Crippen molar-refractivity contribution in [1.29, 1.82) is 0 Å². The van der Waals surface area contributed by atoms with Crippen molar-refractivity contribution in [1.82, 2.24) is 35.5 Å². The molecule has 0 saturated carbocycles. The fourth-order valence-corrected chi connectivity index (χ4v) is 5.13. The van der Waals surface area contributed by atoms with Gasteiger partial charge in [0, 0.05) is 23.7 Å². The van der Waals surface area contributed by atoms with Crippen LogP contribution in [0.15, 0.2) is 29.2 Å². The summed E-state index contributed by atoms with van der Waals surface area (Å²) >= 11 is 1.44. The number of carbonyl (C=O) groups excluding carboxylic acids is 3. The number of hydrogen-bond donors (Lipinski definition) is 2. The van der Waals surface area contributed by atoms with Gasteiger partial charge in [0.2, 0.25) is 0 Å². The maximum atomic E-state index is 13.5. The highest BCUT2D eigenvalue weighted by Gasteiger charge is 2.52. The molecule has 2 bridgehead atoms. The molecule has 0 unspecified atom stereocenters. The van der Waals surface area contributed by atoms with E-state index < -0.39 is 29.2 Å². The van der Waals surface area contributed by atoms with Gasteiger partial charge in [0.1, 0.15) is 28.2 Å². The lowest BCUT2D eigenvalue weighted by molar-refractivity contribution is -0.161. The van der Waals surface area contributed by atoms with Gasteiger partial charge in [0.05, 0.1) is 31.6 Å². The van der Waals surface area contributed by atoms with Gasteiger partial charge < -0.3 is 19.8 Å². The number of urea groups is 1. The van der Waals surface area contributed by atoms with Gasteiger partial charge in [-0.05, 0) is 41.5 Å². The van der Waals surface area contributed by atoms with E-state index in [2.05, 4.69) is 32.5 Å². The van der Waals surface area contributed by atoms with Crippen molar-refractivity contribution in [3.8, 4) is 0 Å². The van der Waals surface area contributed by atoms with Crippen LogP contribution in [-0.2, 0) is 32.8 Å². The minimum Gasteiger partial charge on any atom is -0.458 e. The van der Waals surface area contributed by atoms with E-state index in [4.69, 9.17) is 14.4 Å². The lowest BCUT2D eigenvalue weighted by Gasteiger charge is -2.32. The van der Waals surface area contributed by atoms with E-state index in [1.54, 1.807) is 49.7 Å². The van der Waals surface area contributed by atoms with Gasteiger partial charge in [-0.2, -0.15) is 10.2 Å². The number of aromatic nitrogens is 3. The highest BCUT2D eigenvalue weighted by Crippen LogP contribution is 2.44. The smallest absolute Gasteiger partial charge is 0.432 e. The van der Waals surface area contributed by atoms with Crippen molar-refractivity contribution in [2.45, 2.75) is 71.3 Å². The number of aryl methyl sites for hydroxylation is 2. The zero-order valence-corrected chi connectivity index (χ0v) is 25.1. The second-order valence-electron chi connectivity index (χ2n) is 11.2. The molecule has 15 heteroatoms. The Balaban J connectivity index is 1.61. The summed E-state index contributed by atoms with van der Waals surface area (Å²) in [6, 6.07) is -1.55. The van der Waals surface area contributed by atoms with Crippen molar-refractivity contribution < 1.29 is 28.8 Å². The average Bonchev–Trinajstić information content (AvgIpc) is 3.55. The van der Waals surface area contributed by atoms with Crippen LogP contribution in [-0.4, -0.2) is 72.9 Å². The molecule has 3 amide bonds. The molecule has 0 spiro atoms. The van der Waals surface area contributed by atoms with Crippen LogP contribution in [0.4, 0.5) is 9.59 Å². The Labute approximate surface area is 242 Å². The molecule has 4 rings (SSSR count). The molecule has 2 aromatic heterocycles. The van der Waals surface area contributed by atoms with E-state index in [9.17, 15) is 14.4 Å². The molecule has 2 aliphatic heterocycles. The standard InChI is InChI=1S/C26H36N8O6S/c1-9-10-38-34-17-13-33(24(34)37)20(19-16(17)11-28-32(19)8)21(27-12-18-29-15(2)14-41-18)31-40-23(36)30-26(6,7)22(35)39-25(3,4)5/h9,11,14,17,20H,1,10,12-13H2,2-8H3,(H,27,31)(H,30,36)/t17-,20-/m0/s1. The molecule has 2 aliphatic rings. The summed E-state index contributed by atoms with van der Waals surface area (Å²) in [7, 11) is 1.76. The van der Waals surface area contributed by atoms with Gasteiger partial charge >= 0.3 is 18.1 Å². The van der Waals surface area contributed by atoms with E-state index >= 15 is 0 Å². The molecule has 0 aromatic carbocycles. The quantitative estimate of drug-likeness (QED) is 0.156. The Morgan fingerprint density at radius 3 is 2.66 bits per heavy atom. The molecule has 14 nitrogen and oxygen atoms in total. The number of thiazole rings is 1. The minimum atomic E-state index is -1.39. The third-order valence-corrected chi connectivity index (χ3v) is 7.20. The van der Waals surface area contributed by atoms with Crippen molar-refractivity contribution in [2.75, 3.05) is 13.2 Å². The predicted octanol–water partition coefficient (Wildman–Crippen LogP) is 3.09. The Kier molecular flexibility index (Phi) is 8.40. The van der Waals surface area contributed by atoms with Crippen molar-refractivity contribution in [3.05, 3.63) is 46.2 Å². The minimum absolute atomic E-state index is 0.148. The fourth-order valence-electron chi connectivity index (χ4n) is 4.44. The molecule has 2 aromatic rings. The molecular weight excluding hydrogens is 552 g/mol. The Hall–Kier alpha value is -3.98. The summed E-state index contributed by atoms with van der Waals surface area (Å²) in [5.41, 5.74) is 2.83. The third kappa shape index (κ3) is 6.51. The SMILES string of the molecule is C=CCON1C(=O)N2C[C@H]1c1cnn(C)c1[C@H]2C(=NCc1nc(C)cs1)NOC(=O)NC(C)(C)C(=O)OC(C)(C)C. The van der Waals surface area contributed by atoms with E-state index in [0.717, 1.165) is 16.3 Å². The zero-order chi connectivity index (χ0) is 30.1. The topological polar surface area (TPSA) is 153 Å². The van der Waals surface area contributed by atoms with Crippen molar-refractivity contribution >= 4 is 35.3 Å². The zero-order valence-electron chi connectivity index (χ0n) is 24.3. The van der Waals surface area contributed by atoms with Crippen LogP contribution in [0.2, 0.25) is 0 Å². The van der Waals surface area contributed by atoms with Crippen molar-refractivity contribution in [3.63, 3.8) is 0 Å². The summed E-state index contributed by atoms with van der Waals surface area (Å²) < 4.78 is 7.06. The summed E-state index contributed by atoms with van der Waals surface area (Å²) in [5, 5.41) is 10.9. The molecule has 2 atom stereocenters. The third-order valence-electron chi connectivity index (χ3n) is 6.24. The molecule has 0 aliphatic carbocycles. The number of nitrogens with one attached hydrogen (secondary N) is 2. The van der Waals surface area contributed by atoms with Crippen LogP contribution >= 0.6 is 11.3 Å². The fraction of sp³-hybridized carbons (Fsp3) is 0.538.